The second kappa shape index (κ2) is 5.04. The molecule has 0 amide bonds. The molecule has 94 valence electrons. The molecule has 0 N–H and O–H groups in total. The number of methoxy groups -OCH3 is 1. The molecule has 0 spiro atoms. The van der Waals surface area contributed by atoms with Crippen molar-refractivity contribution in [2.24, 2.45) is 0 Å². The van der Waals surface area contributed by atoms with E-state index in [-0.39, 0.29) is 11.8 Å². The van der Waals surface area contributed by atoms with E-state index in [9.17, 15) is 9.18 Å². The molecular formula is C14H14FNO2. The van der Waals surface area contributed by atoms with Crippen LogP contribution in [0.4, 0.5) is 4.39 Å². The molecule has 0 unspecified atom stereocenters. The van der Waals surface area contributed by atoms with Gasteiger partial charge in [0.05, 0.1) is 12.7 Å². The lowest BCUT2D eigenvalue weighted by molar-refractivity contribution is 0.0601. The van der Waals surface area contributed by atoms with Gasteiger partial charge in [0.25, 0.3) is 0 Å². The lowest BCUT2D eigenvalue weighted by Gasteiger charge is -2.02. The molecule has 3 nitrogen and oxygen atoms in total. The van der Waals surface area contributed by atoms with Gasteiger partial charge in [-0.3, -0.25) is 0 Å². The smallest absolute Gasteiger partial charge is 0.340 e. The number of aromatic nitrogens is 1. The average molecular weight is 247 g/mol. The standard InChI is InChI=1S/C14H14FNO2/c1-3-16-8-12(13(9-16)14(17)18-2)10-4-6-11(15)7-5-10/h4-9H,3H2,1-2H3. The van der Waals surface area contributed by atoms with E-state index in [1.165, 1.54) is 19.2 Å². The lowest BCUT2D eigenvalue weighted by atomic mass is 10.1. The van der Waals surface area contributed by atoms with Gasteiger partial charge >= 0.3 is 5.97 Å². The third-order valence-corrected chi connectivity index (χ3v) is 2.81. The van der Waals surface area contributed by atoms with Gasteiger partial charge in [-0.2, -0.15) is 0 Å². The summed E-state index contributed by atoms with van der Waals surface area (Å²) in [4.78, 5) is 11.7. The average Bonchev–Trinajstić information content (AvgIpc) is 2.83. The molecule has 0 aliphatic rings. The molecule has 1 aromatic heterocycles. The van der Waals surface area contributed by atoms with Gasteiger partial charge in [0, 0.05) is 24.5 Å². The Kier molecular flexibility index (Phi) is 3.46. The zero-order valence-corrected chi connectivity index (χ0v) is 10.3. The van der Waals surface area contributed by atoms with Gasteiger partial charge in [-0.05, 0) is 24.6 Å². The van der Waals surface area contributed by atoms with Crippen LogP contribution in [0.3, 0.4) is 0 Å². The van der Waals surface area contributed by atoms with Crippen LogP contribution in [0.1, 0.15) is 17.3 Å². The minimum Gasteiger partial charge on any atom is -0.465 e. The number of aryl methyl sites for hydroxylation is 1. The highest BCUT2D eigenvalue weighted by atomic mass is 19.1. The summed E-state index contributed by atoms with van der Waals surface area (Å²) in [5.74, 6) is -0.685. The molecule has 1 heterocycles. The maximum atomic E-state index is 12.9. The molecule has 1 aromatic carbocycles. The molecule has 0 aliphatic carbocycles. The van der Waals surface area contributed by atoms with Crippen molar-refractivity contribution in [2.75, 3.05) is 7.11 Å². The first kappa shape index (κ1) is 12.4. The van der Waals surface area contributed by atoms with E-state index in [4.69, 9.17) is 4.74 Å². The number of rotatable bonds is 3. The minimum absolute atomic E-state index is 0.298. The second-order valence-electron chi connectivity index (χ2n) is 3.91. The summed E-state index contributed by atoms with van der Waals surface area (Å²) in [5, 5.41) is 0. The zero-order valence-electron chi connectivity index (χ0n) is 10.3. The van der Waals surface area contributed by atoms with Crippen LogP contribution in [0.5, 0.6) is 0 Å². The Bertz CT molecular complexity index is 558. The van der Waals surface area contributed by atoms with Crippen molar-refractivity contribution >= 4 is 5.97 Å². The molecule has 0 aliphatic heterocycles. The second-order valence-corrected chi connectivity index (χ2v) is 3.91. The Balaban J connectivity index is 2.51. The highest BCUT2D eigenvalue weighted by Crippen LogP contribution is 2.25. The SMILES string of the molecule is CCn1cc(C(=O)OC)c(-c2ccc(F)cc2)c1. The number of carbonyl (C=O) groups is 1. The summed E-state index contributed by atoms with van der Waals surface area (Å²) in [6.07, 6.45) is 3.60. The number of benzene rings is 1. The zero-order chi connectivity index (χ0) is 13.1. The Morgan fingerprint density at radius 1 is 1.28 bits per heavy atom. The van der Waals surface area contributed by atoms with Gasteiger partial charge in [0.15, 0.2) is 0 Å². The Hall–Kier alpha value is -2.10. The molecule has 0 atom stereocenters. The largest absolute Gasteiger partial charge is 0.465 e. The molecule has 0 saturated heterocycles. The van der Waals surface area contributed by atoms with Crippen LogP contribution in [-0.4, -0.2) is 17.6 Å². The van der Waals surface area contributed by atoms with Crippen LogP contribution < -0.4 is 0 Å². The first-order valence-corrected chi connectivity index (χ1v) is 5.69. The van der Waals surface area contributed by atoms with Gasteiger partial charge in [-0.25, -0.2) is 9.18 Å². The number of hydrogen-bond acceptors (Lipinski definition) is 2. The first-order valence-electron chi connectivity index (χ1n) is 5.69. The van der Waals surface area contributed by atoms with Crippen molar-refractivity contribution in [3.63, 3.8) is 0 Å². The van der Waals surface area contributed by atoms with E-state index in [2.05, 4.69) is 0 Å². The summed E-state index contributed by atoms with van der Waals surface area (Å²) in [5.41, 5.74) is 2.04. The molecule has 0 radical (unpaired) electrons. The molecule has 18 heavy (non-hydrogen) atoms. The molecule has 2 rings (SSSR count). The fourth-order valence-corrected chi connectivity index (χ4v) is 1.82. The van der Waals surface area contributed by atoms with Crippen molar-refractivity contribution in [1.82, 2.24) is 4.57 Å². The van der Waals surface area contributed by atoms with Gasteiger partial charge < -0.3 is 9.30 Å². The first-order chi connectivity index (χ1) is 8.65. The molecular weight excluding hydrogens is 233 g/mol. The highest BCUT2D eigenvalue weighted by Gasteiger charge is 2.16. The Labute approximate surface area is 105 Å². The summed E-state index contributed by atoms with van der Waals surface area (Å²) in [6.45, 7) is 2.74. The molecule has 2 aromatic rings. The maximum absolute atomic E-state index is 12.9. The summed E-state index contributed by atoms with van der Waals surface area (Å²) >= 11 is 0. The fourth-order valence-electron chi connectivity index (χ4n) is 1.82. The molecule has 0 fully saturated rings. The van der Waals surface area contributed by atoms with E-state index in [0.29, 0.717) is 5.56 Å². The van der Waals surface area contributed by atoms with Crippen molar-refractivity contribution in [2.45, 2.75) is 13.5 Å². The highest BCUT2D eigenvalue weighted by molar-refractivity contribution is 5.97. The van der Waals surface area contributed by atoms with Crippen LogP contribution in [-0.2, 0) is 11.3 Å². The topological polar surface area (TPSA) is 31.2 Å². The maximum Gasteiger partial charge on any atom is 0.340 e. The number of nitrogens with zero attached hydrogens (tertiary/aromatic N) is 1. The Morgan fingerprint density at radius 2 is 1.94 bits per heavy atom. The quantitative estimate of drug-likeness (QED) is 0.780. The van der Waals surface area contributed by atoms with Gasteiger partial charge in [-0.15, -0.1) is 0 Å². The molecule has 0 bridgehead atoms. The molecule has 0 saturated carbocycles. The fraction of sp³-hybridized carbons (Fsp3) is 0.214. The number of carbonyl (C=O) groups excluding carboxylic acids is 1. The normalized spacial score (nSPS) is 10.4. The predicted octanol–water partition coefficient (Wildman–Crippen LogP) is 3.10. The van der Waals surface area contributed by atoms with E-state index in [0.717, 1.165) is 17.7 Å². The van der Waals surface area contributed by atoms with E-state index in [1.54, 1.807) is 18.3 Å². The summed E-state index contributed by atoms with van der Waals surface area (Å²) in [6, 6.07) is 6.05. The monoisotopic (exact) mass is 247 g/mol. The van der Waals surface area contributed by atoms with E-state index < -0.39 is 0 Å². The van der Waals surface area contributed by atoms with Crippen LogP contribution >= 0.6 is 0 Å². The van der Waals surface area contributed by atoms with Crippen LogP contribution in [0.25, 0.3) is 11.1 Å². The molecule has 4 heteroatoms. The van der Waals surface area contributed by atoms with Crippen molar-refractivity contribution in [3.8, 4) is 11.1 Å². The number of hydrogen-bond donors (Lipinski definition) is 0. The summed E-state index contributed by atoms with van der Waals surface area (Å²) < 4.78 is 19.5. The third kappa shape index (κ3) is 2.27. The van der Waals surface area contributed by atoms with Gasteiger partial charge in [0.2, 0.25) is 0 Å². The summed E-state index contributed by atoms with van der Waals surface area (Å²) in [7, 11) is 1.35. The van der Waals surface area contributed by atoms with Crippen LogP contribution in [0.15, 0.2) is 36.7 Å². The van der Waals surface area contributed by atoms with Crippen molar-refractivity contribution in [3.05, 3.63) is 48.0 Å². The van der Waals surface area contributed by atoms with Gasteiger partial charge in [-0.1, -0.05) is 12.1 Å². The number of halogens is 1. The van der Waals surface area contributed by atoms with Crippen molar-refractivity contribution < 1.29 is 13.9 Å². The van der Waals surface area contributed by atoms with E-state index in [1.807, 2.05) is 17.7 Å². The Morgan fingerprint density at radius 3 is 2.50 bits per heavy atom. The van der Waals surface area contributed by atoms with Crippen molar-refractivity contribution in [1.29, 1.82) is 0 Å². The predicted molar refractivity (Wildman–Crippen MR) is 66.8 cm³/mol. The lowest BCUT2D eigenvalue weighted by Crippen LogP contribution is -2.01. The van der Waals surface area contributed by atoms with Crippen LogP contribution in [0, 0.1) is 5.82 Å². The number of esters is 1. The van der Waals surface area contributed by atoms with E-state index >= 15 is 0 Å². The third-order valence-electron chi connectivity index (χ3n) is 2.81. The van der Waals surface area contributed by atoms with Crippen LogP contribution in [0.2, 0.25) is 0 Å². The minimum atomic E-state index is -0.387. The van der Waals surface area contributed by atoms with Gasteiger partial charge in [0.1, 0.15) is 5.82 Å². The number of ether oxygens (including phenoxy) is 1.